The highest BCUT2D eigenvalue weighted by Crippen LogP contribution is 2.19. The van der Waals surface area contributed by atoms with Crippen molar-refractivity contribution in [3.63, 3.8) is 0 Å². The van der Waals surface area contributed by atoms with Crippen LogP contribution in [0.4, 0.5) is 11.4 Å². The highest BCUT2D eigenvalue weighted by molar-refractivity contribution is 6.09. The summed E-state index contributed by atoms with van der Waals surface area (Å²) in [7, 11) is 1.58. The molecule has 2 amide bonds. The Balaban J connectivity index is 1.71. The molecule has 2 N–H and O–H groups in total. The van der Waals surface area contributed by atoms with Gasteiger partial charge in [0, 0.05) is 24.2 Å². The van der Waals surface area contributed by atoms with Gasteiger partial charge in [-0.05, 0) is 35.9 Å². The second-order valence-corrected chi connectivity index (χ2v) is 6.34. The SMILES string of the molecule is COc1ccc(CNC(=O)c2ccccc2NC(=O)c2cccc([N+](=O)[O-])c2)cc1. The van der Waals surface area contributed by atoms with Crippen molar-refractivity contribution in [3.05, 3.63) is 99.6 Å². The standard InChI is InChI=1S/C22H19N3O5/c1-30-18-11-9-15(10-12-18)14-23-22(27)19-7-2-3-8-20(19)24-21(26)16-5-4-6-17(13-16)25(28)29/h2-13H,14H2,1H3,(H,23,27)(H,24,26). The van der Waals surface area contributed by atoms with Crippen molar-refractivity contribution < 1.29 is 19.2 Å². The number of para-hydroxylation sites is 1. The van der Waals surface area contributed by atoms with Crippen molar-refractivity contribution in [1.29, 1.82) is 0 Å². The van der Waals surface area contributed by atoms with E-state index in [1.54, 1.807) is 43.5 Å². The first-order chi connectivity index (χ1) is 14.5. The molecule has 0 radical (unpaired) electrons. The van der Waals surface area contributed by atoms with Crippen LogP contribution in [0.15, 0.2) is 72.8 Å². The van der Waals surface area contributed by atoms with Gasteiger partial charge in [-0.1, -0.05) is 30.3 Å². The predicted octanol–water partition coefficient (Wildman–Crippen LogP) is 3.79. The molecule has 3 rings (SSSR count). The van der Waals surface area contributed by atoms with Crippen LogP contribution in [0, 0.1) is 10.1 Å². The number of rotatable bonds is 7. The summed E-state index contributed by atoms with van der Waals surface area (Å²) >= 11 is 0. The molecule has 0 saturated carbocycles. The van der Waals surface area contributed by atoms with E-state index in [2.05, 4.69) is 10.6 Å². The minimum absolute atomic E-state index is 0.123. The van der Waals surface area contributed by atoms with Crippen LogP contribution in [0.1, 0.15) is 26.3 Å². The average molecular weight is 405 g/mol. The molecule has 30 heavy (non-hydrogen) atoms. The number of hydrogen-bond donors (Lipinski definition) is 2. The van der Waals surface area contributed by atoms with Crippen LogP contribution in [0.5, 0.6) is 5.75 Å². The van der Waals surface area contributed by atoms with E-state index < -0.39 is 10.8 Å². The minimum atomic E-state index is -0.572. The zero-order valence-corrected chi connectivity index (χ0v) is 16.1. The Labute approximate surface area is 172 Å². The second-order valence-electron chi connectivity index (χ2n) is 6.34. The number of amides is 2. The van der Waals surface area contributed by atoms with Crippen LogP contribution >= 0.6 is 0 Å². The highest BCUT2D eigenvalue weighted by atomic mass is 16.6. The number of nitro benzene ring substituents is 1. The predicted molar refractivity (Wildman–Crippen MR) is 112 cm³/mol. The van der Waals surface area contributed by atoms with Crippen molar-refractivity contribution in [3.8, 4) is 5.75 Å². The molecule has 0 saturated heterocycles. The van der Waals surface area contributed by atoms with Gasteiger partial charge in [0.1, 0.15) is 5.75 Å². The Hall–Kier alpha value is -4.20. The van der Waals surface area contributed by atoms with Crippen LogP contribution in [-0.4, -0.2) is 23.8 Å². The van der Waals surface area contributed by atoms with Gasteiger partial charge < -0.3 is 15.4 Å². The molecule has 0 aromatic heterocycles. The molecule has 0 fully saturated rings. The molecular formula is C22H19N3O5. The number of carbonyl (C=O) groups is 2. The number of ether oxygens (including phenoxy) is 1. The van der Waals surface area contributed by atoms with E-state index >= 15 is 0 Å². The molecule has 0 aliphatic rings. The first-order valence-corrected chi connectivity index (χ1v) is 9.04. The minimum Gasteiger partial charge on any atom is -0.497 e. The summed E-state index contributed by atoms with van der Waals surface area (Å²) in [5, 5.41) is 16.4. The molecule has 0 unspecified atom stereocenters. The van der Waals surface area contributed by atoms with E-state index in [9.17, 15) is 19.7 Å². The van der Waals surface area contributed by atoms with Crippen molar-refractivity contribution in [1.82, 2.24) is 5.32 Å². The van der Waals surface area contributed by atoms with Gasteiger partial charge in [0.2, 0.25) is 0 Å². The lowest BCUT2D eigenvalue weighted by Gasteiger charge is -2.12. The molecule has 0 heterocycles. The van der Waals surface area contributed by atoms with E-state index in [0.717, 1.165) is 11.3 Å². The third-order valence-corrected chi connectivity index (χ3v) is 4.35. The maximum absolute atomic E-state index is 12.6. The number of benzene rings is 3. The molecule has 0 aliphatic heterocycles. The average Bonchev–Trinajstić information content (AvgIpc) is 2.78. The van der Waals surface area contributed by atoms with Crippen LogP contribution in [0.25, 0.3) is 0 Å². The monoisotopic (exact) mass is 405 g/mol. The number of non-ortho nitro benzene ring substituents is 1. The summed E-state index contributed by atoms with van der Waals surface area (Å²) < 4.78 is 5.11. The number of carbonyl (C=O) groups excluding carboxylic acids is 2. The van der Waals surface area contributed by atoms with Crippen LogP contribution in [0.2, 0.25) is 0 Å². The molecule has 8 heteroatoms. The number of nitro groups is 1. The number of nitrogens with zero attached hydrogens (tertiary/aromatic N) is 1. The van der Waals surface area contributed by atoms with Gasteiger partial charge in [-0.3, -0.25) is 19.7 Å². The van der Waals surface area contributed by atoms with Crippen LogP contribution in [0.3, 0.4) is 0 Å². The van der Waals surface area contributed by atoms with Gasteiger partial charge in [-0.15, -0.1) is 0 Å². The van der Waals surface area contributed by atoms with Crippen molar-refractivity contribution >= 4 is 23.2 Å². The Morgan fingerprint density at radius 1 is 0.967 bits per heavy atom. The molecule has 0 aliphatic carbocycles. The zero-order chi connectivity index (χ0) is 21.5. The largest absolute Gasteiger partial charge is 0.497 e. The summed E-state index contributed by atoms with van der Waals surface area (Å²) in [4.78, 5) is 35.5. The summed E-state index contributed by atoms with van der Waals surface area (Å²) in [6, 6.07) is 19.2. The fourth-order valence-corrected chi connectivity index (χ4v) is 2.77. The number of nitrogens with one attached hydrogen (secondary N) is 2. The van der Waals surface area contributed by atoms with Crippen molar-refractivity contribution in [2.75, 3.05) is 12.4 Å². The normalized spacial score (nSPS) is 10.2. The topological polar surface area (TPSA) is 111 Å². The van der Waals surface area contributed by atoms with Crippen LogP contribution < -0.4 is 15.4 Å². The van der Waals surface area contributed by atoms with Gasteiger partial charge >= 0.3 is 0 Å². The lowest BCUT2D eigenvalue weighted by atomic mass is 10.1. The van der Waals surface area contributed by atoms with E-state index in [4.69, 9.17) is 4.74 Å². The summed E-state index contributed by atoms with van der Waals surface area (Å²) in [5.74, 6) is -0.186. The maximum atomic E-state index is 12.6. The fourth-order valence-electron chi connectivity index (χ4n) is 2.77. The number of hydrogen-bond acceptors (Lipinski definition) is 5. The Kier molecular flexibility index (Phi) is 6.39. The molecular weight excluding hydrogens is 386 g/mol. The maximum Gasteiger partial charge on any atom is 0.270 e. The quantitative estimate of drug-likeness (QED) is 0.459. The summed E-state index contributed by atoms with van der Waals surface area (Å²) in [6.45, 7) is 0.302. The second kappa shape index (κ2) is 9.33. The molecule has 0 bridgehead atoms. The first-order valence-electron chi connectivity index (χ1n) is 9.04. The molecule has 0 spiro atoms. The van der Waals surface area contributed by atoms with Crippen LogP contribution in [-0.2, 0) is 6.54 Å². The smallest absolute Gasteiger partial charge is 0.270 e. The van der Waals surface area contributed by atoms with E-state index in [1.165, 1.54) is 24.3 Å². The Morgan fingerprint density at radius 3 is 2.40 bits per heavy atom. The van der Waals surface area contributed by atoms with Gasteiger partial charge in [-0.2, -0.15) is 0 Å². The Bertz CT molecular complexity index is 1080. The van der Waals surface area contributed by atoms with Crippen molar-refractivity contribution in [2.24, 2.45) is 0 Å². The van der Waals surface area contributed by atoms with E-state index in [-0.39, 0.29) is 22.7 Å². The van der Waals surface area contributed by atoms with E-state index in [0.29, 0.717) is 12.2 Å². The third-order valence-electron chi connectivity index (χ3n) is 4.35. The lowest BCUT2D eigenvalue weighted by Crippen LogP contribution is -2.24. The molecule has 3 aromatic rings. The number of anilines is 1. The van der Waals surface area contributed by atoms with Gasteiger partial charge in [-0.25, -0.2) is 0 Å². The highest BCUT2D eigenvalue weighted by Gasteiger charge is 2.16. The lowest BCUT2D eigenvalue weighted by molar-refractivity contribution is -0.384. The van der Waals surface area contributed by atoms with Gasteiger partial charge in [0.05, 0.1) is 23.3 Å². The molecule has 152 valence electrons. The zero-order valence-electron chi connectivity index (χ0n) is 16.1. The first kappa shape index (κ1) is 20.5. The summed E-state index contributed by atoms with van der Waals surface area (Å²) in [6.07, 6.45) is 0. The number of methoxy groups -OCH3 is 1. The van der Waals surface area contributed by atoms with E-state index in [1.807, 2.05) is 12.1 Å². The Morgan fingerprint density at radius 2 is 1.70 bits per heavy atom. The molecule has 8 nitrogen and oxygen atoms in total. The fraction of sp³-hybridized carbons (Fsp3) is 0.0909. The molecule has 3 aromatic carbocycles. The molecule has 0 atom stereocenters. The van der Waals surface area contributed by atoms with Crippen molar-refractivity contribution in [2.45, 2.75) is 6.54 Å². The summed E-state index contributed by atoms with van der Waals surface area (Å²) in [5.41, 5.74) is 1.42. The van der Waals surface area contributed by atoms with Gasteiger partial charge in [0.25, 0.3) is 17.5 Å². The third kappa shape index (κ3) is 4.99. The van der Waals surface area contributed by atoms with Gasteiger partial charge in [0.15, 0.2) is 0 Å².